The van der Waals surface area contributed by atoms with Crippen molar-refractivity contribution in [3.63, 3.8) is 0 Å². The third-order valence-electron chi connectivity index (χ3n) is 4.51. The average Bonchev–Trinajstić information content (AvgIpc) is 3.11. The first-order chi connectivity index (χ1) is 12.9. The van der Waals surface area contributed by atoms with Gasteiger partial charge in [-0.2, -0.15) is 0 Å². The highest BCUT2D eigenvalue weighted by Gasteiger charge is 2.09. The van der Waals surface area contributed by atoms with E-state index in [0.717, 1.165) is 6.54 Å². The predicted octanol–water partition coefficient (Wildman–Crippen LogP) is 6.37. The zero-order chi connectivity index (χ0) is 17.6. The number of benzene rings is 3. The molecule has 0 radical (unpaired) electrons. The maximum atomic E-state index is 2.38. The molecule has 1 heteroatoms. The minimum Gasteiger partial charge on any atom is -0.337 e. The molecule has 126 valence electrons. The molecule has 0 aliphatic carbocycles. The van der Waals surface area contributed by atoms with Crippen LogP contribution in [0, 0.1) is 0 Å². The zero-order valence-corrected chi connectivity index (χ0v) is 14.6. The van der Waals surface area contributed by atoms with Gasteiger partial charge in [-0.1, -0.05) is 97.1 Å². The molecule has 4 aromatic rings. The minimum absolute atomic E-state index is 0.854. The van der Waals surface area contributed by atoms with Crippen molar-refractivity contribution in [2.45, 2.75) is 6.54 Å². The number of hydrogen-bond donors (Lipinski definition) is 0. The van der Waals surface area contributed by atoms with Crippen LogP contribution in [0.2, 0.25) is 0 Å². The van der Waals surface area contributed by atoms with Crippen LogP contribution in [0.4, 0.5) is 0 Å². The fourth-order valence-electron chi connectivity index (χ4n) is 3.18. The standard InChI is InChI=1S/C25H21N/c1-4-10-21(11-5-1)16-17-24-18-19-25(23-14-8-3-9-15-23)26(24)20-22-12-6-2-7-13-22/h1-19H,20H2/b17-16-. The second-order valence-corrected chi connectivity index (χ2v) is 6.33. The lowest BCUT2D eigenvalue weighted by Gasteiger charge is -2.12. The summed E-state index contributed by atoms with van der Waals surface area (Å²) in [5, 5.41) is 0. The molecule has 0 N–H and O–H groups in total. The van der Waals surface area contributed by atoms with Gasteiger partial charge in [0.15, 0.2) is 0 Å². The first-order valence-electron chi connectivity index (χ1n) is 8.92. The van der Waals surface area contributed by atoms with Crippen molar-refractivity contribution in [3.05, 3.63) is 120 Å². The Morgan fingerprint density at radius 2 is 1.19 bits per heavy atom. The molecule has 0 aliphatic heterocycles. The van der Waals surface area contributed by atoms with E-state index in [0.29, 0.717) is 0 Å². The van der Waals surface area contributed by atoms with Crippen molar-refractivity contribution in [2.75, 3.05) is 0 Å². The van der Waals surface area contributed by atoms with Crippen LogP contribution in [0.15, 0.2) is 103 Å². The SMILES string of the molecule is C(=C/c1ccc(-c2ccccc2)n1Cc1ccccc1)/c1ccccc1. The van der Waals surface area contributed by atoms with Crippen LogP contribution in [0.1, 0.15) is 16.8 Å². The van der Waals surface area contributed by atoms with E-state index in [1.165, 1.54) is 28.1 Å². The fraction of sp³-hybridized carbons (Fsp3) is 0.0400. The predicted molar refractivity (Wildman–Crippen MR) is 111 cm³/mol. The van der Waals surface area contributed by atoms with Crippen molar-refractivity contribution in [1.29, 1.82) is 0 Å². The minimum atomic E-state index is 0.854. The lowest BCUT2D eigenvalue weighted by molar-refractivity contribution is 0.806. The van der Waals surface area contributed by atoms with E-state index >= 15 is 0 Å². The maximum absolute atomic E-state index is 2.38. The second kappa shape index (κ2) is 7.71. The van der Waals surface area contributed by atoms with Gasteiger partial charge in [-0.05, 0) is 34.9 Å². The molecule has 3 aromatic carbocycles. The van der Waals surface area contributed by atoms with E-state index in [9.17, 15) is 0 Å². The van der Waals surface area contributed by atoms with E-state index < -0.39 is 0 Å². The quantitative estimate of drug-likeness (QED) is 0.399. The summed E-state index contributed by atoms with van der Waals surface area (Å²) in [5.41, 5.74) is 6.19. The summed E-state index contributed by atoms with van der Waals surface area (Å²) in [7, 11) is 0. The molecule has 1 heterocycles. The normalized spacial score (nSPS) is 11.1. The Kier molecular flexibility index (Phi) is 4.79. The summed E-state index contributed by atoms with van der Waals surface area (Å²) in [5.74, 6) is 0. The highest BCUT2D eigenvalue weighted by Crippen LogP contribution is 2.25. The molecule has 4 rings (SSSR count). The molecule has 0 unspecified atom stereocenters. The Balaban J connectivity index is 1.74. The van der Waals surface area contributed by atoms with E-state index in [2.05, 4.69) is 114 Å². The Labute approximate surface area is 154 Å². The monoisotopic (exact) mass is 335 g/mol. The molecule has 0 saturated carbocycles. The molecule has 0 amide bonds. The first kappa shape index (κ1) is 16.2. The number of aromatic nitrogens is 1. The van der Waals surface area contributed by atoms with E-state index in [1.54, 1.807) is 0 Å². The summed E-state index contributed by atoms with van der Waals surface area (Å²) in [4.78, 5) is 0. The van der Waals surface area contributed by atoms with Crippen molar-refractivity contribution in [2.24, 2.45) is 0 Å². The van der Waals surface area contributed by atoms with Crippen molar-refractivity contribution >= 4 is 12.2 Å². The summed E-state index contributed by atoms with van der Waals surface area (Å²) in [6.07, 6.45) is 4.37. The van der Waals surface area contributed by atoms with Crippen molar-refractivity contribution in [1.82, 2.24) is 4.57 Å². The lowest BCUT2D eigenvalue weighted by Crippen LogP contribution is -2.03. The van der Waals surface area contributed by atoms with Gasteiger partial charge in [0, 0.05) is 17.9 Å². The number of hydrogen-bond acceptors (Lipinski definition) is 0. The van der Waals surface area contributed by atoms with Gasteiger partial charge >= 0.3 is 0 Å². The Hall–Kier alpha value is -3.32. The summed E-state index contributed by atoms with van der Waals surface area (Å²) >= 11 is 0. The van der Waals surface area contributed by atoms with E-state index in [-0.39, 0.29) is 0 Å². The molecule has 0 aliphatic rings. The third-order valence-corrected chi connectivity index (χ3v) is 4.51. The van der Waals surface area contributed by atoms with Crippen molar-refractivity contribution in [3.8, 4) is 11.3 Å². The second-order valence-electron chi connectivity index (χ2n) is 6.33. The topological polar surface area (TPSA) is 4.93 Å². The highest BCUT2D eigenvalue weighted by molar-refractivity contribution is 5.71. The third kappa shape index (κ3) is 3.68. The van der Waals surface area contributed by atoms with Crippen LogP contribution >= 0.6 is 0 Å². The van der Waals surface area contributed by atoms with Gasteiger partial charge in [-0.15, -0.1) is 0 Å². The molecule has 0 fully saturated rings. The van der Waals surface area contributed by atoms with Crippen LogP contribution < -0.4 is 0 Å². The van der Waals surface area contributed by atoms with E-state index in [4.69, 9.17) is 0 Å². The van der Waals surface area contributed by atoms with Gasteiger partial charge in [-0.25, -0.2) is 0 Å². The van der Waals surface area contributed by atoms with Crippen LogP contribution in [0.5, 0.6) is 0 Å². The van der Waals surface area contributed by atoms with Gasteiger partial charge in [-0.3, -0.25) is 0 Å². The Morgan fingerprint density at radius 3 is 1.88 bits per heavy atom. The van der Waals surface area contributed by atoms with E-state index in [1.807, 2.05) is 6.07 Å². The molecular weight excluding hydrogens is 314 g/mol. The molecule has 0 spiro atoms. The van der Waals surface area contributed by atoms with Crippen LogP contribution in [0.25, 0.3) is 23.4 Å². The highest BCUT2D eigenvalue weighted by atomic mass is 15.0. The first-order valence-corrected chi connectivity index (χ1v) is 8.92. The smallest absolute Gasteiger partial charge is 0.0488 e. The lowest BCUT2D eigenvalue weighted by atomic mass is 10.1. The molecule has 0 atom stereocenters. The largest absolute Gasteiger partial charge is 0.337 e. The molecule has 0 bridgehead atoms. The maximum Gasteiger partial charge on any atom is 0.0488 e. The Bertz CT molecular complexity index is 980. The zero-order valence-electron chi connectivity index (χ0n) is 14.6. The van der Waals surface area contributed by atoms with Gasteiger partial charge in [0.05, 0.1) is 0 Å². The molecular formula is C25H21N. The molecule has 1 nitrogen and oxygen atoms in total. The summed E-state index contributed by atoms with van der Waals surface area (Å²) in [6, 6.07) is 36.0. The molecule has 26 heavy (non-hydrogen) atoms. The van der Waals surface area contributed by atoms with Gasteiger partial charge in [0.25, 0.3) is 0 Å². The van der Waals surface area contributed by atoms with Crippen LogP contribution in [-0.4, -0.2) is 4.57 Å². The fourth-order valence-corrected chi connectivity index (χ4v) is 3.18. The number of nitrogens with zero attached hydrogens (tertiary/aromatic N) is 1. The summed E-state index contributed by atoms with van der Waals surface area (Å²) < 4.78 is 2.38. The van der Waals surface area contributed by atoms with Crippen LogP contribution in [-0.2, 0) is 6.54 Å². The molecule has 1 aromatic heterocycles. The number of rotatable bonds is 5. The van der Waals surface area contributed by atoms with Crippen LogP contribution in [0.3, 0.4) is 0 Å². The Morgan fingerprint density at radius 1 is 0.577 bits per heavy atom. The molecule has 0 saturated heterocycles. The van der Waals surface area contributed by atoms with Gasteiger partial charge in [0.2, 0.25) is 0 Å². The summed E-state index contributed by atoms with van der Waals surface area (Å²) in [6.45, 7) is 0.854. The van der Waals surface area contributed by atoms with Gasteiger partial charge in [0.1, 0.15) is 0 Å². The van der Waals surface area contributed by atoms with Gasteiger partial charge < -0.3 is 4.57 Å². The van der Waals surface area contributed by atoms with Crippen molar-refractivity contribution < 1.29 is 0 Å². The average molecular weight is 335 g/mol.